The van der Waals surface area contributed by atoms with Gasteiger partial charge in [-0.15, -0.1) is 0 Å². The molecule has 3 aromatic rings. The molecule has 0 radical (unpaired) electrons. The van der Waals surface area contributed by atoms with Gasteiger partial charge in [0.25, 0.3) is 11.8 Å². The summed E-state index contributed by atoms with van der Waals surface area (Å²) in [4.78, 5) is 26.7. The third-order valence-corrected chi connectivity index (χ3v) is 5.59. The Morgan fingerprint density at radius 2 is 1.69 bits per heavy atom. The Labute approximate surface area is 200 Å². The molecule has 0 atom stereocenters. The fraction of sp³-hybridized carbons (Fsp3) is 0.0417. The van der Waals surface area contributed by atoms with Crippen molar-refractivity contribution < 1.29 is 14.3 Å². The third kappa shape index (κ3) is 4.83. The van der Waals surface area contributed by atoms with Crippen molar-refractivity contribution in [2.24, 2.45) is 0 Å². The van der Waals surface area contributed by atoms with E-state index in [0.717, 1.165) is 5.56 Å². The average Bonchev–Trinajstić information content (AvgIpc) is 2.77. The Bertz CT molecular complexity index is 1230. The smallest absolute Gasteiger partial charge is 0.270 e. The van der Waals surface area contributed by atoms with Crippen molar-refractivity contribution in [2.75, 3.05) is 4.90 Å². The largest absolute Gasteiger partial charge is 0.489 e. The molecule has 1 saturated heterocycles. The zero-order valence-corrected chi connectivity index (χ0v) is 18.9. The fourth-order valence-electron chi connectivity index (χ4n) is 3.10. The van der Waals surface area contributed by atoms with E-state index in [2.05, 4.69) is 5.32 Å². The summed E-state index contributed by atoms with van der Waals surface area (Å²) in [6.45, 7) is 0.279. The lowest BCUT2D eigenvalue weighted by molar-refractivity contribution is -0.122. The summed E-state index contributed by atoms with van der Waals surface area (Å²) in [7, 11) is 0. The van der Waals surface area contributed by atoms with E-state index in [-0.39, 0.29) is 17.3 Å². The molecular weight excluding hydrogens is 467 g/mol. The maximum Gasteiger partial charge on any atom is 0.270 e. The highest BCUT2D eigenvalue weighted by Gasteiger charge is 2.34. The van der Waals surface area contributed by atoms with Crippen molar-refractivity contribution in [3.63, 3.8) is 0 Å². The first kappa shape index (κ1) is 22.0. The number of anilines is 1. The predicted octanol–water partition coefficient (Wildman–Crippen LogP) is 5.40. The minimum Gasteiger partial charge on any atom is -0.489 e. The van der Waals surface area contributed by atoms with E-state index in [1.807, 2.05) is 6.07 Å². The standard InChI is InChI=1S/C24H16Cl2N2O3S/c25-17-9-8-16(21(26)13-17)14-31-19-10-6-15(7-11-19)12-20-22(29)27-24(32)28(23(20)30)18-4-2-1-3-5-18/h1-13H,14H2,(H,27,29,32)/b20-12-. The van der Waals surface area contributed by atoms with E-state index >= 15 is 0 Å². The van der Waals surface area contributed by atoms with Crippen molar-refractivity contribution in [1.29, 1.82) is 0 Å². The first-order valence-electron chi connectivity index (χ1n) is 9.55. The number of benzene rings is 3. The van der Waals surface area contributed by atoms with Crippen molar-refractivity contribution >= 4 is 64.1 Å². The number of rotatable bonds is 5. The molecule has 1 N–H and O–H groups in total. The van der Waals surface area contributed by atoms with Crippen molar-refractivity contribution in [3.05, 3.63) is 99.5 Å². The molecule has 0 aromatic heterocycles. The van der Waals surface area contributed by atoms with Gasteiger partial charge in [-0.05, 0) is 60.3 Å². The minimum absolute atomic E-state index is 0.0101. The fourth-order valence-corrected chi connectivity index (χ4v) is 3.84. The number of hydrogen-bond donors (Lipinski definition) is 1. The number of halogens is 2. The molecule has 4 rings (SSSR count). The number of ether oxygens (including phenoxy) is 1. The number of para-hydroxylation sites is 1. The molecule has 0 bridgehead atoms. The zero-order valence-electron chi connectivity index (χ0n) is 16.5. The van der Waals surface area contributed by atoms with Crippen LogP contribution in [0.5, 0.6) is 5.75 Å². The number of hydrogen-bond acceptors (Lipinski definition) is 4. The van der Waals surface area contributed by atoms with Crippen LogP contribution < -0.4 is 15.0 Å². The second-order valence-corrected chi connectivity index (χ2v) is 8.12. The number of nitrogens with zero attached hydrogens (tertiary/aromatic N) is 1. The van der Waals surface area contributed by atoms with Gasteiger partial charge in [-0.25, -0.2) is 0 Å². The molecule has 1 fully saturated rings. The topological polar surface area (TPSA) is 58.6 Å². The minimum atomic E-state index is -0.537. The molecule has 0 spiro atoms. The van der Waals surface area contributed by atoms with Crippen LogP contribution in [0.25, 0.3) is 6.08 Å². The van der Waals surface area contributed by atoms with E-state index in [9.17, 15) is 9.59 Å². The summed E-state index contributed by atoms with van der Waals surface area (Å²) >= 11 is 17.3. The number of carbonyl (C=O) groups excluding carboxylic acids is 2. The molecule has 1 aliphatic heterocycles. The highest BCUT2D eigenvalue weighted by molar-refractivity contribution is 7.80. The van der Waals surface area contributed by atoms with Crippen LogP contribution in [0.2, 0.25) is 10.0 Å². The second-order valence-electron chi connectivity index (χ2n) is 6.89. The lowest BCUT2D eigenvalue weighted by Gasteiger charge is -2.28. The predicted molar refractivity (Wildman–Crippen MR) is 130 cm³/mol. The summed E-state index contributed by atoms with van der Waals surface area (Å²) in [6.07, 6.45) is 1.52. The zero-order chi connectivity index (χ0) is 22.7. The Morgan fingerprint density at radius 3 is 2.38 bits per heavy atom. The van der Waals surface area contributed by atoms with Gasteiger partial charge in [0.1, 0.15) is 17.9 Å². The second kappa shape index (κ2) is 9.53. The number of thiocarbonyl (C=S) groups is 1. The molecule has 0 saturated carbocycles. The van der Waals surface area contributed by atoms with E-state index in [1.54, 1.807) is 66.7 Å². The van der Waals surface area contributed by atoms with Gasteiger partial charge in [-0.1, -0.05) is 59.6 Å². The molecule has 3 aromatic carbocycles. The van der Waals surface area contributed by atoms with Gasteiger partial charge in [0.2, 0.25) is 0 Å². The van der Waals surface area contributed by atoms with Crippen molar-refractivity contribution in [2.45, 2.75) is 6.61 Å². The molecule has 160 valence electrons. The highest BCUT2D eigenvalue weighted by atomic mass is 35.5. The molecule has 0 unspecified atom stereocenters. The first-order chi connectivity index (χ1) is 15.4. The van der Waals surface area contributed by atoms with Crippen molar-refractivity contribution in [1.82, 2.24) is 5.32 Å². The molecule has 2 amide bonds. The van der Waals surface area contributed by atoms with Gasteiger partial charge in [-0.2, -0.15) is 0 Å². The SMILES string of the molecule is O=C1NC(=S)N(c2ccccc2)C(=O)/C1=C\c1ccc(OCc2ccc(Cl)cc2Cl)cc1. The molecular formula is C24H16Cl2N2O3S. The van der Waals surface area contributed by atoms with Gasteiger partial charge < -0.3 is 4.74 Å². The van der Waals surface area contributed by atoms with Crippen LogP contribution in [0.4, 0.5) is 5.69 Å². The van der Waals surface area contributed by atoms with Crippen LogP contribution in [0, 0.1) is 0 Å². The summed E-state index contributed by atoms with van der Waals surface area (Å²) in [5.74, 6) is -0.405. The molecule has 8 heteroatoms. The van der Waals surface area contributed by atoms with Gasteiger partial charge in [0.15, 0.2) is 5.11 Å². The van der Waals surface area contributed by atoms with E-state index in [1.165, 1.54) is 11.0 Å². The maximum atomic E-state index is 13.0. The number of nitrogens with one attached hydrogen (secondary N) is 1. The van der Waals surface area contributed by atoms with Gasteiger partial charge in [0.05, 0.1) is 5.69 Å². The summed E-state index contributed by atoms with van der Waals surface area (Å²) in [5.41, 5.74) is 2.05. The summed E-state index contributed by atoms with van der Waals surface area (Å²) < 4.78 is 5.77. The lowest BCUT2D eigenvalue weighted by Crippen LogP contribution is -2.54. The van der Waals surface area contributed by atoms with Gasteiger partial charge in [0, 0.05) is 15.6 Å². The third-order valence-electron chi connectivity index (χ3n) is 4.72. The van der Waals surface area contributed by atoms with Gasteiger partial charge in [-0.3, -0.25) is 19.8 Å². The summed E-state index contributed by atoms with van der Waals surface area (Å²) in [5, 5.41) is 3.71. The van der Waals surface area contributed by atoms with Crippen LogP contribution in [0.3, 0.4) is 0 Å². The Morgan fingerprint density at radius 1 is 0.969 bits per heavy atom. The van der Waals surface area contributed by atoms with Crippen molar-refractivity contribution in [3.8, 4) is 5.75 Å². The van der Waals surface area contributed by atoms with Crippen LogP contribution in [0.1, 0.15) is 11.1 Å². The van der Waals surface area contributed by atoms with E-state index in [4.69, 9.17) is 40.2 Å². The molecule has 0 aliphatic carbocycles. The molecule has 32 heavy (non-hydrogen) atoms. The molecule has 1 heterocycles. The van der Waals surface area contributed by atoms with E-state index in [0.29, 0.717) is 27.0 Å². The summed E-state index contributed by atoms with van der Waals surface area (Å²) in [6, 6.07) is 21.1. The van der Waals surface area contributed by atoms with Crippen LogP contribution >= 0.6 is 35.4 Å². The Balaban J connectivity index is 1.50. The van der Waals surface area contributed by atoms with Gasteiger partial charge >= 0.3 is 0 Å². The maximum absolute atomic E-state index is 13.0. The number of carbonyl (C=O) groups is 2. The average molecular weight is 483 g/mol. The number of amides is 2. The normalized spacial score (nSPS) is 15.1. The Hall–Kier alpha value is -3.19. The highest BCUT2D eigenvalue weighted by Crippen LogP contribution is 2.24. The lowest BCUT2D eigenvalue weighted by atomic mass is 10.1. The monoisotopic (exact) mass is 482 g/mol. The van der Waals surface area contributed by atoms with E-state index < -0.39 is 11.8 Å². The Kier molecular flexibility index (Phi) is 6.55. The molecule has 1 aliphatic rings. The van der Waals surface area contributed by atoms with Crippen LogP contribution in [0.15, 0.2) is 78.4 Å². The first-order valence-corrected chi connectivity index (χ1v) is 10.7. The van der Waals surface area contributed by atoms with Crippen LogP contribution in [-0.4, -0.2) is 16.9 Å². The molecule has 5 nitrogen and oxygen atoms in total. The quantitative estimate of drug-likeness (QED) is 0.300. The van der Waals surface area contributed by atoms with Crippen LogP contribution in [-0.2, 0) is 16.2 Å².